The van der Waals surface area contributed by atoms with Crippen molar-refractivity contribution in [2.45, 2.75) is 37.0 Å². The molecule has 1 saturated carbocycles. The third-order valence-electron chi connectivity index (χ3n) is 6.44. The number of benzene rings is 2. The molecular weight excluding hydrogens is 571 g/mol. The van der Waals surface area contributed by atoms with Gasteiger partial charge in [0.25, 0.3) is 0 Å². The van der Waals surface area contributed by atoms with Crippen molar-refractivity contribution in [1.82, 2.24) is 15.6 Å². The Morgan fingerprint density at radius 3 is 2.61 bits per heavy atom. The molecule has 13 heteroatoms. The number of thiazole rings is 1. The van der Waals surface area contributed by atoms with Gasteiger partial charge in [0.15, 0.2) is 20.9 Å². The second-order valence-electron chi connectivity index (χ2n) is 9.64. The molecule has 0 spiro atoms. The van der Waals surface area contributed by atoms with Gasteiger partial charge in [-0.15, -0.1) is 11.3 Å². The van der Waals surface area contributed by atoms with Gasteiger partial charge >= 0.3 is 0 Å². The summed E-state index contributed by atoms with van der Waals surface area (Å²) in [5.41, 5.74) is 1.37. The van der Waals surface area contributed by atoms with Gasteiger partial charge in [-0.05, 0) is 24.5 Å². The monoisotopic (exact) mass is 600 g/mol. The maximum absolute atomic E-state index is 15.2. The third kappa shape index (κ3) is 7.72. The number of aromatic nitrogens is 1. The van der Waals surface area contributed by atoms with Crippen molar-refractivity contribution in [3.8, 4) is 11.1 Å². The molecule has 3 aromatic rings. The molecule has 0 saturated heterocycles. The molecule has 10 nitrogen and oxygen atoms in total. The molecule has 1 heterocycles. The van der Waals surface area contributed by atoms with E-state index in [1.807, 2.05) is 0 Å². The van der Waals surface area contributed by atoms with Gasteiger partial charge in [-0.2, -0.15) is 0 Å². The van der Waals surface area contributed by atoms with Crippen LogP contribution in [0.2, 0.25) is 0 Å². The van der Waals surface area contributed by atoms with Crippen LogP contribution in [0.25, 0.3) is 26.2 Å². The van der Waals surface area contributed by atoms with Gasteiger partial charge in [-0.3, -0.25) is 14.4 Å². The molecular formula is C28H29FN4O6S2. The number of hydrogen-bond acceptors (Lipinski definition) is 8. The smallest absolute Gasteiger partial charge is 0.245 e. The molecule has 0 aliphatic heterocycles. The topological polar surface area (TPSA) is 136 Å². The number of nitrogens with zero attached hydrogens (tertiary/aromatic N) is 2. The van der Waals surface area contributed by atoms with E-state index in [9.17, 15) is 22.8 Å². The van der Waals surface area contributed by atoms with Crippen LogP contribution in [0.15, 0.2) is 36.4 Å². The van der Waals surface area contributed by atoms with E-state index in [0.717, 1.165) is 24.2 Å². The fourth-order valence-electron chi connectivity index (χ4n) is 4.11. The number of sulfone groups is 1. The molecule has 1 aliphatic carbocycles. The molecule has 41 heavy (non-hydrogen) atoms. The average molecular weight is 601 g/mol. The highest BCUT2D eigenvalue weighted by atomic mass is 32.2. The Morgan fingerprint density at radius 2 is 1.95 bits per heavy atom. The summed E-state index contributed by atoms with van der Waals surface area (Å²) in [5.74, 6) is -2.48. The molecule has 2 amide bonds. The van der Waals surface area contributed by atoms with Gasteiger partial charge in [0.1, 0.15) is 10.8 Å². The lowest BCUT2D eigenvalue weighted by molar-refractivity contribution is -0.126. The summed E-state index contributed by atoms with van der Waals surface area (Å²) in [6.07, 6.45) is 2.45. The second-order valence-corrected chi connectivity index (χ2v) is 12.9. The van der Waals surface area contributed by atoms with Crippen LogP contribution in [0.4, 0.5) is 4.39 Å². The lowest BCUT2D eigenvalue weighted by Crippen LogP contribution is -2.41. The summed E-state index contributed by atoms with van der Waals surface area (Å²) < 4.78 is 46.9. The van der Waals surface area contributed by atoms with Gasteiger partial charge in [-0.1, -0.05) is 24.3 Å². The molecule has 0 bridgehead atoms. The van der Waals surface area contributed by atoms with Gasteiger partial charge in [-0.25, -0.2) is 24.4 Å². The molecule has 0 radical (unpaired) electrons. The van der Waals surface area contributed by atoms with Crippen LogP contribution in [0.1, 0.15) is 46.3 Å². The highest BCUT2D eigenvalue weighted by molar-refractivity contribution is 7.92. The predicted octanol–water partition coefficient (Wildman–Crippen LogP) is 3.48. The Morgan fingerprint density at radius 1 is 1.22 bits per heavy atom. The van der Waals surface area contributed by atoms with Crippen LogP contribution in [-0.4, -0.2) is 69.6 Å². The molecule has 1 unspecified atom stereocenters. The Hall–Kier alpha value is -3.73. The maximum atomic E-state index is 15.2. The molecule has 1 aliphatic rings. The fraction of sp³-hybridized carbons (Fsp3) is 0.393. The van der Waals surface area contributed by atoms with Crippen molar-refractivity contribution in [3.05, 3.63) is 64.2 Å². The minimum atomic E-state index is -4.10. The van der Waals surface area contributed by atoms with Gasteiger partial charge in [0.2, 0.25) is 18.4 Å². The summed E-state index contributed by atoms with van der Waals surface area (Å²) in [6, 6.07) is 9.21. The van der Waals surface area contributed by atoms with Crippen molar-refractivity contribution in [2.75, 3.05) is 32.6 Å². The first-order valence-corrected chi connectivity index (χ1v) is 15.5. The number of carbonyl (C=O) groups excluding carboxylic acids is 3. The van der Waals surface area contributed by atoms with E-state index in [1.165, 1.54) is 19.2 Å². The minimum Gasteiger partial charge on any atom is -0.384 e. The second kappa shape index (κ2) is 13.3. The van der Waals surface area contributed by atoms with Crippen molar-refractivity contribution in [1.29, 1.82) is 0 Å². The van der Waals surface area contributed by atoms with E-state index < -0.39 is 38.5 Å². The van der Waals surface area contributed by atoms with Crippen LogP contribution < -0.4 is 10.6 Å². The summed E-state index contributed by atoms with van der Waals surface area (Å²) in [5, 5.41) is 3.37. The highest BCUT2D eigenvalue weighted by Crippen LogP contribution is 2.35. The molecule has 216 valence electrons. The number of rotatable bonds is 14. The first kappa shape index (κ1) is 30.2. The van der Waals surface area contributed by atoms with E-state index in [1.54, 1.807) is 24.3 Å². The molecule has 1 atom stereocenters. The number of hydrogen-bond donors (Lipinski definition) is 2. The van der Waals surface area contributed by atoms with Crippen molar-refractivity contribution in [2.24, 2.45) is 0 Å². The summed E-state index contributed by atoms with van der Waals surface area (Å²) in [4.78, 5) is 45.0. The quantitative estimate of drug-likeness (QED) is 0.164. The van der Waals surface area contributed by atoms with Crippen molar-refractivity contribution in [3.63, 3.8) is 0 Å². The number of halogens is 1. The third-order valence-corrected chi connectivity index (χ3v) is 9.57. The Balaban J connectivity index is 1.60. The largest absolute Gasteiger partial charge is 0.384 e. The Labute approximate surface area is 241 Å². The van der Waals surface area contributed by atoms with E-state index >= 15 is 4.39 Å². The van der Waals surface area contributed by atoms with E-state index in [0.29, 0.717) is 22.2 Å². The normalized spacial score (nSPS) is 13.9. The number of carbonyl (C=O) groups is 3. The SMILES string of the molecule is [C-]#[N+]CCCC(=O)c1ccc(-c2cc3sc(C(C(=O)NCC(=O)NC4CC4)S(=O)(=O)CCOC)nc3cc2F)cc1. The average Bonchev–Trinajstić information content (AvgIpc) is 3.67. The van der Waals surface area contributed by atoms with E-state index in [4.69, 9.17) is 11.3 Å². The molecule has 2 N–H and O–H groups in total. The van der Waals surface area contributed by atoms with Gasteiger partial charge < -0.3 is 20.2 Å². The maximum Gasteiger partial charge on any atom is 0.245 e. The minimum absolute atomic E-state index is 0.0480. The number of ether oxygens (including phenoxy) is 1. The fourth-order valence-corrected chi connectivity index (χ4v) is 7.07. The van der Waals surface area contributed by atoms with Crippen LogP contribution in [-0.2, 0) is 24.2 Å². The standard InChI is InChI=1S/C28H29FN4O6S2/c1-30-11-3-4-23(34)18-7-5-17(6-8-18)20-14-24-22(15-21(20)29)33-28(40-24)26(41(37,38)13-12-39-2)27(36)31-16-25(35)32-19-9-10-19/h5-8,14-15,19,26H,3-4,9-13,16H2,2H3,(H,31,36)(H,32,35). The van der Waals surface area contributed by atoms with Crippen molar-refractivity contribution >= 4 is 49.0 Å². The number of nitrogens with one attached hydrogen (secondary N) is 2. The molecule has 1 fully saturated rings. The highest BCUT2D eigenvalue weighted by Gasteiger charge is 2.37. The van der Waals surface area contributed by atoms with Gasteiger partial charge in [0, 0.05) is 43.2 Å². The number of amides is 2. The van der Waals surface area contributed by atoms with Crippen LogP contribution in [0, 0.1) is 12.4 Å². The molecule has 2 aromatic carbocycles. The van der Waals surface area contributed by atoms with Gasteiger partial charge in [0.05, 0.1) is 29.1 Å². The van der Waals surface area contributed by atoms with Crippen LogP contribution >= 0.6 is 11.3 Å². The lowest BCUT2D eigenvalue weighted by atomic mass is 10.0. The van der Waals surface area contributed by atoms with Crippen molar-refractivity contribution < 1.29 is 31.9 Å². The summed E-state index contributed by atoms with van der Waals surface area (Å²) >= 11 is 0.948. The zero-order chi connectivity index (χ0) is 29.6. The summed E-state index contributed by atoms with van der Waals surface area (Å²) in [7, 11) is -2.76. The van der Waals surface area contributed by atoms with Crippen LogP contribution in [0.5, 0.6) is 0 Å². The lowest BCUT2D eigenvalue weighted by Gasteiger charge is -2.15. The Bertz CT molecular complexity index is 1590. The number of Topliss-reactive ketones (excluding diaryl/α,β-unsaturated/α-hetero) is 1. The zero-order valence-corrected chi connectivity index (χ0v) is 23.9. The molecule has 4 rings (SSSR count). The van der Waals surface area contributed by atoms with E-state index in [2.05, 4.69) is 20.5 Å². The zero-order valence-electron chi connectivity index (χ0n) is 22.3. The predicted molar refractivity (Wildman–Crippen MR) is 153 cm³/mol. The first-order valence-electron chi connectivity index (χ1n) is 13.0. The number of ketones is 1. The van der Waals surface area contributed by atoms with Crippen LogP contribution in [0.3, 0.4) is 0 Å². The Kier molecular flexibility index (Phi) is 9.80. The first-order chi connectivity index (χ1) is 19.6. The number of methoxy groups -OCH3 is 1. The number of fused-ring (bicyclic) bond motifs is 1. The van der Waals surface area contributed by atoms with E-state index in [-0.39, 0.29) is 54.0 Å². The molecule has 1 aromatic heterocycles. The summed E-state index contributed by atoms with van der Waals surface area (Å²) in [6.45, 7) is 6.57.